The molecule has 3 heterocycles. The van der Waals surface area contributed by atoms with E-state index in [0.717, 1.165) is 19.3 Å². The Morgan fingerprint density at radius 2 is 1.66 bits per heavy atom. The van der Waals surface area contributed by atoms with Crippen molar-refractivity contribution < 1.29 is 4.57 Å². The molecule has 0 fully saturated rings. The Bertz CT molecular complexity index is 1550. The largest absolute Gasteiger partial charge is 0.288 e. The maximum Gasteiger partial charge on any atom is 0.288 e. The molecule has 3 aromatic carbocycles. The number of hydrogen-bond donors (Lipinski definition) is 0. The lowest BCUT2D eigenvalue weighted by Crippen LogP contribution is -2.57. The van der Waals surface area contributed by atoms with Crippen molar-refractivity contribution in [3.63, 3.8) is 0 Å². The first-order chi connectivity index (χ1) is 15.6. The number of pyridine rings is 1. The van der Waals surface area contributed by atoms with E-state index in [1.54, 1.807) is 0 Å². The molecular formula is C30H31N2+. The molecule has 0 atom stereocenters. The van der Waals surface area contributed by atoms with Crippen LogP contribution in [0.1, 0.15) is 57.6 Å². The average Bonchev–Trinajstić information content (AvgIpc) is 3.19. The topological polar surface area (TPSA) is 8.29 Å². The molecule has 2 nitrogen and oxygen atoms in total. The van der Waals surface area contributed by atoms with Gasteiger partial charge in [-0.2, -0.15) is 4.40 Å². The normalized spacial score (nSPS) is 15.0. The van der Waals surface area contributed by atoms with Gasteiger partial charge < -0.3 is 0 Å². The van der Waals surface area contributed by atoms with Crippen LogP contribution in [-0.2, 0) is 12.0 Å². The number of aryl methyl sites for hydroxylation is 1. The molecule has 2 heteroatoms. The van der Waals surface area contributed by atoms with E-state index in [0.29, 0.717) is 0 Å². The summed E-state index contributed by atoms with van der Waals surface area (Å²) in [4.78, 5) is 0. The van der Waals surface area contributed by atoms with Gasteiger partial charge in [-0.3, -0.25) is 0 Å². The van der Waals surface area contributed by atoms with Gasteiger partial charge in [-0.05, 0) is 72.5 Å². The number of nitrogens with zero attached hydrogens (tertiary/aromatic N) is 2. The Labute approximate surface area is 189 Å². The molecule has 1 aliphatic rings. The van der Waals surface area contributed by atoms with E-state index in [1.165, 1.54) is 67.9 Å². The zero-order valence-corrected chi connectivity index (χ0v) is 19.4. The third kappa shape index (κ3) is 2.33. The monoisotopic (exact) mass is 419 g/mol. The summed E-state index contributed by atoms with van der Waals surface area (Å²) in [5.74, 6) is 0. The summed E-state index contributed by atoms with van der Waals surface area (Å²) in [7, 11) is 0. The summed E-state index contributed by atoms with van der Waals surface area (Å²) in [5, 5.41) is 3.97. The highest BCUT2D eigenvalue weighted by Crippen LogP contribution is 2.45. The van der Waals surface area contributed by atoms with Gasteiger partial charge in [0.15, 0.2) is 11.0 Å². The minimum absolute atomic E-state index is 0.107. The maximum absolute atomic E-state index is 4.68. The number of benzene rings is 3. The van der Waals surface area contributed by atoms with E-state index in [9.17, 15) is 0 Å². The Hall–Kier alpha value is -3.13. The number of rotatable bonds is 5. The van der Waals surface area contributed by atoms with Crippen LogP contribution in [0.4, 0.5) is 0 Å². The maximum atomic E-state index is 4.68. The van der Waals surface area contributed by atoms with Gasteiger partial charge in [0.25, 0.3) is 5.65 Å². The predicted molar refractivity (Wildman–Crippen MR) is 136 cm³/mol. The summed E-state index contributed by atoms with van der Waals surface area (Å²) in [6, 6.07) is 23.0. The summed E-state index contributed by atoms with van der Waals surface area (Å²) in [5.41, 5.74) is 9.11. The lowest BCUT2D eigenvalue weighted by Gasteiger charge is -2.35. The number of unbranched alkanes of at least 4 members (excludes halogenated alkanes) is 1. The van der Waals surface area contributed by atoms with Crippen LogP contribution in [0.5, 0.6) is 0 Å². The van der Waals surface area contributed by atoms with Crippen molar-refractivity contribution in [1.82, 2.24) is 4.40 Å². The van der Waals surface area contributed by atoms with Gasteiger partial charge in [0.1, 0.15) is 11.1 Å². The minimum atomic E-state index is -0.107. The van der Waals surface area contributed by atoms with E-state index in [1.807, 2.05) is 0 Å². The fraction of sp³-hybridized carbons (Fsp3) is 0.300. The highest BCUT2D eigenvalue weighted by atomic mass is 15.2. The van der Waals surface area contributed by atoms with Crippen LogP contribution < -0.4 is 4.57 Å². The molecule has 0 N–H and O–H groups in total. The van der Waals surface area contributed by atoms with Crippen LogP contribution in [-0.4, -0.2) is 4.40 Å². The Morgan fingerprint density at radius 3 is 2.44 bits per heavy atom. The molecule has 0 radical (unpaired) electrons. The molecular weight excluding hydrogens is 388 g/mol. The van der Waals surface area contributed by atoms with Crippen molar-refractivity contribution in [2.75, 3.05) is 0 Å². The van der Waals surface area contributed by atoms with Gasteiger partial charge in [-0.15, -0.1) is 0 Å². The molecule has 0 amide bonds. The zero-order valence-electron chi connectivity index (χ0n) is 19.4. The standard InChI is InChI=1S/C30H31N2/c1-5-8-10-21-13-16-25-23(19-21)15-18-27-31(25)26-17-14-22-11-9-12-24-20(4)30(6-2,7-3)32(27)29(26)28(22)24/h9,11-19H,4-8,10H2,1-3H3/q+1. The fourth-order valence-corrected chi connectivity index (χ4v) is 6.20. The van der Waals surface area contributed by atoms with Gasteiger partial charge in [0.2, 0.25) is 0 Å². The van der Waals surface area contributed by atoms with Crippen LogP contribution in [0.2, 0.25) is 0 Å². The molecule has 0 bridgehead atoms. The predicted octanol–water partition coefficient (Wildman–Crippen LogP) is 7.57. The quantitative estimate of drug-likeness (QED) is 0.260. The summed E-state index contributed by atoms with van der Waals surface area (Å²) in [6.45, 7) is 11.6. The molecule has 2 aromatic heterocycles. The second-order valence-electron chi connectivity index (χ2n) is 9.41. The minimum Gasteiger partial charge on any atom is -0.213 e. The summed E-state index contributed by atoms with van der Waals surface area (Å²) in [6.07, 6.45) is 5.68. The van der Waals surface area contributed by atoms with Gasteiger partial charge in [0, 0.05) is 22.4 Å². The van der Waals surface area contributed by atoms with Crippen LogP contribution in [0.3, 0.4) is 0 Å². The van der Waals surface area contributed by atoms with Crippen LogP contribution in [0.25, 0.3) is 43.9 Å². The van der Waals surface area contributed by atoms with Gasteiger partial charge >= 0.3 is 0 Å². The van der Waals surface area contributed by atoms with Gasteiger partial charge in [-0.25, -0.2) is 4.57 Å². The van der Waals surface area contributed by atoms with Gasteiger partial charge in [-0.1, -0.05) is 58.0 Å². The highest BCUT2D eigenvalue weighted by Gasteiger charge is 2.45. The number of hydrogen-bond acceptors (Lipinski definition) is 0. The number of fused-ring (bicyclic) bond motifs is 5. The van der Waals surface area contributed by atoms with Crippen molar-refractivity contribution in [2.24, 2.45) is 0 Å². The molecule has 0 unspecified atom stereocenters. The van der Waals surface area contributed by atoms with Crippen molar-refractivity contribution in [1.29, 1.82) is 0 Å². The van der Waals surface area contributed by atoms with Crippen molar-refractivity contribution in [3.8, 4) is 0 Å². The Morgan fingerprint density at radius 1 is 0.875 bits per heavy atom. The van der Waals surface area contributed by atoms with Crippen LogP contribution >= 0.6 is 0 Å². The molecule has 5 aromatic rings. The Balaban J connectivity index is 1.81. The summed E-state index contributed by atoms with van der Waals surface area (Å²) < 4.78 is 5.10. The lowest BCUT2D eigenvalue weighted by molar-refractivity contribution is -0.703. The lowest BCUT2D eigenvalue weighted by atomic mass is 9.77. The molecule has 32 heavy (non-hydrogen) atoms. The van der Waals surface area contributed by atoms with Crippen molar-refractivity contribution >= 4 is 43.9 Å². The average molecular weight is 420 g/mol. The van der Waals surface area contributed by atoms with Crippen LogP contribution in [0, 0.1) is 0 Å². The van der Waals surface area contributed by atoms with E-state index in [2.05, 4.69) is 97.0 Å². The molecule has 0 saturated heterocycles. The first-order valence-electron chi connectivity index (χ1n) is 12.2. The first kappa shape index (κ1) is 19.5. The molecule has 160 valence electrons. The van der Waals surface area contributed by atoms with E-state index < -0.39 is 0 Å². The van der Waals surface area contributed by atoms with E-state index >= 15 is 0 Å². The molecule has 0 spiro atoms. The third-order valence-corrected chi connectivity index (χ3v) is 7.97. The highest BCUT2D eigenvalue weighted by molar-refractivity contribution is 6.11. The molecule has 1 aliphatic heterocycles. The van der Waals surface area contributed by atoms with Crippen molar-refractivity contribution in [2.45, 2.75) is 58.4 Å². The first-order valence-corrected chi connectivity index (χ1v) is 12.2. The smallest absolute Gasteiger partial charge is 0.213 e. The SMILES string of the molecule is C=C1c2cccc3ccc4c(c23)[n+](c2ccc3cc(CCCC)ccc3n42)C1(CC)CC. The number of aromatic nitrogens is 2. The van der Waals surface area contributed by atoms with E-state index in [4.69, 9.17) is 0 Å². The second kappa shape index (κ2) is 6.93. The molecule has 0 aliphatic carbocycles. The van der Waals surface area contributed by atoms with Crippen molar-refractivity contribution in [3.05, 3.63) is 78.4 Å². The zero-order chi connectivity index (χ0) is 22.0. The molecule has 6 rings (SSSR count). The fourth-order valence-electron chi connectivity index (χ4n) is 6.20. The third-order valence-electron chi connectivity index (χ3n) is 7.97. The summed E-state index contributed by atoms with van der Waals surface area (Å²) >= 11 is 0. The van der Waals surface area contributed by atoms with Gasteiger partial charge in [0.05, 0.1) is 0 Å². The van der Waals surface area contributed by atoms with Crippen LogP contribution in [0.15, 0.2) is 67.2 Å². The molecule has 0 saturated carbocycles. The number of imidazole rings is 1. The second-order valence-corrected chi connectivity index (χ2v) is 9.41. The Kier molecular flexibility index (Phi) is 4.24. The van der Waals surface area contributed by atoms with E-state index in [-0.39, 0.29) is 5.54 Å². The number of allylic oxidation sites excluding steroid dienone is 1.